The maximum absolute atomic E-state index is 9.34. The van der Waals surface area contributed by atoms with E-state index in [4.69, 9.17) is 4.99 Å². The quantitative estimate of drug-likeness (QED) is 0.275. The van der Waals surface area contributed by atoms with E-state index in [2.05, 4.69) is 50.5 Å². The number of aliphatic imine (C=N–C) groups is 1. The van der Waals surface area contributed by atoms with Crippen molar-refractivity contribution < 1.29 is 5.11 Å². The van der Waals surface area contributed by atoms with Gasteiger partial charge in [0, 0.05) is 29.5 Å². The number of halogens is 1. The summed E-state index contributed by atoms with van der Waals surface area (Å²) in [6.45, 7) is 11.3. The molecule has 0 saturated carbocycles. The highest BCUT2D eigenvalue weighted by molar-refractivity contribution is 14.0. The summed E-state index contributed by atoms with van der Waals surface area (Å²) in [6.07, 6.45) is 4.03. The molecule has 1 heterocycles. The molecule has 4 nitrogen and oxygen atoms in total. The second-order valence-electron chi connectivity index (χ2n) is 5.95. The van der Waals surface area contributed by atoms with Crippen LogP contribution in [-0.2, 0) is 13.0 Å². The molecule has 0 aromatic carbocycles. The molecule has 1 aromatic heterocycles. The molecule has 1 rings (SSSR count). The van der Waals surface area contributed by atoms with Crippen LogP contribution in [-0.4, -0.2) is 30.8 Å². The second kappa shape index (κ2) is 12.9. The Balaban J connectivity index is 0.00000529. The van der Waals surface area contributed by atoms with Gasteiger partial charge in [-0.1, -0.05) is 20.8 Å². The molecule has 140 valence electrons. The van der Waals surface area contributed by atoms with E-state index < -0.39 is 0 Å². The molecule has 0 aliphatic rings. The van der Waals surface area contributed by atoms with E-state index in [1.807, 2.05) is 11.3 Å². The van der Waals surface area contributed by atoms with Gasteiger partial charge in [0.25, 0.3) is 0 Å². The van der Waals surface area contributed by atoms with Crippen LogP contribution in [0.4, 0.5) is 0 Å². The van der Waals surface area contributed by atoms with Crippen LogP contribution in [0.5, 0.6) is 0 Å². The van der Waals surface area contributed by atoms with Gasteiger partial charge >= 0.3 is 0 Å². The molecule has 0 aliphatic heterocycles. The third-order valence-corrected chi connectivity index (χ3v) is 5.79. The van der Waals surface area contributed by atoms with Crippen molar-refractivity contribution in [3.05, 3.63) is 21.9 Å². The molecule has 0 saturated heterocycles. The Kier molecular flexibility index (Phi) is 12.8. The molecule has 3 N–H and O–H groups in total. The fourth-order valence-electron chi connectivity index (χ4n) is 2.65. The Hall–Kier alpha value is -0.340. The summed E-state index contributed by atoms with van der Waals surface area (Å²) in [5.41, 5.74) is 0.142. The van der Waals surface area contributed by atoms with Gasteiger partial charge in [-0.15, -0.1) is 35.3 Å². The number of rotatable bonds is 10. The zero-order chi connectivity index (χ0) is 17.1. The van der Waals surface area contributed by atoms with E-state index in [9.17, 15) is 5.11 Å². The minimum atomic E-state index is 0. The molecule has 0 spiro atoms. The van der Waals surface area contributed by atoms with Crippen LogP contribution in [0.25, 0.3) is 0 Å². The van der Waals surface area contributed by atoms with Crippen molar-refractivity contribution in [2.45, 2.75) is 59.9 Å². The van der Waals surface area contributed by atoms with Crippen LogP contribution < -0.4 is 10.6 Å². The van der Waals surface area contributed by atoms with Crippen LogP contribution in [0.15, 0.2) is 17.1 Å². The fraction of sp³-hybridized carbons (Fsp3) is 0.722. The van der Waals surface area contributed by atoms with E-state index in [1.165, 1.54) is 9.75 Å². The molecule has 6 heteroatoms. The fourth-order valence-corrected chi connectivity index (χ4v) is 3.53. The average molecular weight is 467 g/mol. The first-order chi connectivity index (χ1) is 11.1. The van der Waals surface area contributed by atoms with Crippen LogP contribution in [0.1, 0.15) is 56.7 Å². The summed E-state index contributed by atoms with van der Waals surface area (Å²) < 4.78 is 0. The van der Waals surface area contributed by atoms with Crippen molar-refractivity contribution in [3.63, 3.8) is 0 Å². The molecule has 24 heavy (non-hydrogen) atoms. The minimum absolute atomic E-state index is 0. The predicted octanol–water partition coefficient (Wildman–Crippen LogP) is 4.17. The number of nitrogens with zero attached hydrogens (tertiary/aromatic N) is 1. The van der Waals surface area contributed by atoms with Gasteiger partial charge in [-0.25, -0.2) is 4.99 Å². The van der Waals surface area contributed by atoms with Gasteiger partial charge < -0.3 is 15.7 Å². The smallest absolute Gasteiger partial charge is 0.191 e. The van der Waals surface area contributed by atoms with E-state index >= 15 is 0 Å². The highest BCUT2D eigenvalue weighted by atomic mass is 127. The van der Waals surface area contributed by atoms with E-state index in [-0.39, 0.29) is 36.0 Å². The topological polar surface area (TPSA) is 56.7 Å². The molecular weight excluding hydrogens is 433 g/mol. The van der Waals surface area contributed by atoms with E-state index in [1.54, 1.807) is 0 Å². The molecule has 0 amide bonds. The predicted molar refractivity (Wildman–Crippen MR) is 117 cm³/mol. The SMILES string of the molecule is CCNC(=NCc1ccc(CC)s1)NCC(CC)(CC)CCO.I. The highest BCUT2D eigenvalue weighted by Crippen LogP contribution is 2.29. The lowest BCUT2D eigenvalue weighted by Crippen LogP contribution is -2.43. The van der Waals surface area contributed by atoms with Gasteiger partial charge in [-0.2, -0.15) is 0 Å². The highest BCUT2D eigenvalue weighted by Gasteiger charge is 2.25. The van der Waals surface area contributed by atoms with Gasteiger partial charge in [0.2, 0.25) is 0 Å². The summed E-state index contributed by atoms with van der Waals surface area (Å²) in [4.78, 5) is 7.41. The van der Waals surface area contributed by atoms with E-state index in [0.717, 1.165) is 44.7 Å². The Bertz CT molecular complexity index is 473. The lowest BCUT2D eigenvalue weighted by Gasteiger charge is -2.32. The summed E-state index contributed by atoms with van der Waals surface area (Å²) in [5, 5.41) is 16.1. The van der Waals surface area contributed by atoms with Crippen molar-refractivity contribution in [3.8, 4) is 0 Å². The van der Waals surface area contributed by atoms with Gasteiger partial charge in [0.05, 0.1) is 6.54 Å². The number of guanidine groups is 1. The average Bonchev–Trinajstić information content (AvgIpc) is 3.04. The zero-order valence-electron chi connectivity index (χ0n) is 15.5. The zero-order valence-corrected chi connectivity index (χ0v) is 18.7. The first-order valence-corrected chi connectivity index (χ1v) is 9.65. The van der Waals surface area contributed by atoms with E-state index in [0.29, 0.717) is 6.54 Å². The van der Waals surface area contributed by atoms with Gasteiger partial charge in [-0.3, -0.25) is 0 Å². The normalized spacial score (nSPS) is 12.0. The van der Waals surface area contributed by atoms with Gasteiger partial charge in [0.1, 0.15) is 0 Å². The van der Waals surface area contributed by atoms with Crippen molar-refractivity contribution in [2.24, 2.45) is 10.4 Å². The van der Waals surface area contributed by atoms with Gasteiger partial charge in [0.15, 0.2) is 5.96 Å². The lowest BCUT2D eigenvalue weighted by atomic mass is 9.79. The Morgan fingerprint density at radius 2 is 1.79 bits per heavy atom. The molecule has 0 unspecified atom stereocenters. The van der Waals surface area contributed by atoms with Crippen molar-refractivity contribution >= 4 is 41.3 Å². The largest absolute Gasteiger partial charge is 0.396 e. The minimum Gasteiger partial charge on any atom is -0.396 e. The molecular formula is C18H34IN3OS. The third-order valence-electron chi connectivity index (χ3n) is 4.58. The molecule has 0 radical (unpaired) electrons. The second-order valence-corrected chi connectivity index (χ2v) is 7.20. The van der Waals surface area contributed by atoms with Crippen molar-refractivity contribution in [2.75, 3.05) is 19.7 Å². The molecule has 0 aliphatic carbocycles. The van der Waals surface area contributed by atoms with Crippen LogP contribution >= 0.6 is 35.3 Å². The summed E-state index contributed by atoms with van der Waals surface area (Å²) in [6, 6.07) is 4.36. The first kappa shape index (κ1) is 23.7. The first-order valence-electron chi connectivity index (χ1n) is 8.83. The molecule has 1 aromatic rings. The van der Waals surface area contributed by atoms with Gasteiger partial charge in [-0.05, 0) is 50.2 Å². The van der Waals surface area contributed by atoms with Crippen LogP contribution in [0.2, 0.25) is 0 Å². The van der Waals surface area contributed by atoms with Crippen LogP contribution in [0.3, 0.4) is 0 Å². The number of aliphatic hydroxyl groups is 1. The monoisotopic (exact) mass is 467 g/mol. The summed E-state index contributed by atoms with van der Waals surface area (Å²) in [5.74, 6) is 0.864. The van der Waals surface area contributed by atoms with Crippen molar-refractivity contribution in [1.82, 2.24) is 10.6 Å². The lowest BCUT2D eigenvalue weighted by molar-refractivity contribution is 0.169. The maximum atomic E-state index is 9.34. The number of aryl methyl sites for hydroxylation is 1. The van der Waals surface area contributed by atoms with Crippen molar-refractivity contribution in [1.29, 1.82) is 0 Å². The Labute approximate surface area is 168 Å². The Morgan fingerprint density at radius 3 is 2.29 bits per heavy atom. The number of hydrogen-bond acceptors (Lipinski definition) is 3. The number of aliphatic hydroxyl groups excluding tert-OH is 1. The maximum Gasteiger partial charge on any atom is 0.191 e. The molecule has 0 atom stereocenters. The summed E-state index contributed by atoms with van der Waals surface area (Å²) in [7, 11) is 0. The Morgan fingerprint density at radius 1 is 1.12 bits per heavy atom. The number of nitrogens with one attached hydrogen (secondary N) is 2. The molecule has 0 bridgehead atoms. The summed E-state index contributed by atoms with van der Waals surface area (Å²) >= 11 is 1.84. The molecule has 0 fully saturated rings. The third kappa shape index (κ3) is 7.70. The number of thiophene rings is 1. The number of hydrogen-bond donors (Lipinski definition) is 3. The van der Waals surface area contributed by atoms with Crippen LogP contribution in [0, 0.1) is 5.41 Å². The standard InChI is InChI=1S/C18H33N3OS.HI/c1-5-15-9-10-16(23-15)13-20-17(19-8-4)21-14-18(6-2,7-3)11-12-22;/h9-10,22H,5-8,11-14H2,1-4H3,(H2,19,20,21);1H.